The van der Waals surface area contributed by atoms with Gasteiger partial charge < -0.3 is 10.5 Å². The van der Waals surface area contributed by atoms with Crippen molar-refractivity contribution in [3.63, 3.8) is 0 Å². The van der Waals surface area contributed by atoms with Crippen molar-refractivity contribution >= 4 is 12.4 Å². The molecule has 0 saturated carbocycles. The summed E-state index contributed by atoms with van der Waals surface area (Å²) in [5.41, 5.74) is 5.80. The monoisotopic (exact) mass is 269 g/mol. The lowest BCUT2D eigenvalue weighted by Crippen LogP contribution is -2.37. The summed E-state index contributed by atoms with van der Waals surface area (Å²) in [6.45, 7) is 0. The van der Waals surface area contributed by atoms with Gasteiger partial charge in [0.2, 0.25) is 0 Å². The standard InChI is InChI=1S/C11H14F3NO.ClH/c1-16-9-4-2-3-8(7-9)5-6-10(15)11(12,13)14;/h2-4,7,10H,5-6,15H2,1H3;1H. The minimum Gasteiger partial charge on any atom is -0.497 e. The van der Waals surface area contributed by atoms with Gasteiger partial charge in [-0.3, -0.25) is 0 Å². The van der Waals surface area contributed by atoms with Gasteiger partial charge in [0, 0.05) is 0 Å². The zero-order valence-electron chi connectivity index (χ0n) is 9.33. The van der Waals surface area contributed by atoms with Gasteiger partial charge in [0.1, 0.15) is 11.8 Å². The molecule has 0 saturated heterocycles. The molecule has 0 spiro atoms. The molecular weight excluding hydrogens is 255 g/mol. The Morgan fingerprint density at radius 1 is 1.35 bits per heavy atom. The number of rotatable bonds is 4. The molecule has 1 rings (SSSR count). The van der Waals surface area contributed by atoms with Crippen LogP contribution in [-0.4, -0.2) is 19.3 Å². The maximum absolute atomic E-state index is 12.1. The van der Waals surface area contributed by atoms with Crippen LogP contribution >= 0.6 is 12.4 Å². The Morgan fingerprint density at radius 3 is 2.53 bits per heavy atom. The number of methoxy groups -OCH3 is 1. The molecule has 0 heterocycles. The van der Waals surface area contributed by atoms with E-state index in [0.717, 1.165) is 5.56 Å². The molecule has 2 N–H and O–H groups in total. The predicted octanol–water partition coefficient (Wildman–Crippen LogP) is 2.94. The third-order valence-electron chi connectivity index (χ3n) is 2.30. The third-order valence-corrected chi connectivity index (χ3v) is 2.30. The van der Waals surface area contributed by atoms with Gasteiger partial charge >= 0.3 is 6.18 Å². The van der Waals surface area contributed by atoms with Crippen LogP contribution in [0.2, 0.25) is 0 Å². The lowest BCUT2D eigenvalue weighted by atomic mass is 10.1. The Kier molecular flexibility index (Phi) is 6.34. The molecule has 0 fully saturated rings. The molecule has 0 aliphatic rings. The van der Waals surface area contributed by atoms with Crippen molar-refractivity contribution in [1.29, 1.82) is 0 Å². The second kappa shape index (κ2) is 6.71. The Morgan fingerprint density at radius 2 is 2.00 bits per heavy atom. The fourth-order valence-corrected chi connectivity index (χ4v) is 1.31. The van der Waals surface area contributed by atoms with Crippen LogP contribution in [0.15, 0.2) is 24.3 Å². The molecule has 2 nitrogen and oxygen atoms in total. The Labute approximate surface area is 104 Å². The average molecular weight is 270 g/mol. The lowest BCUT2D eigenvalue weighted by molar-refractivity contribution is -0.148. The normalized spacial score (nSPS) is 12.8. The van der Waals surface area contributed by atoms with Gasteiger partial charge in [0.25, 0.3) is 0 Å². The van der Waals surface area contributed by atoms with Crippen molar-refractivity contribution in [3.8, 4) is 5.75 Å². The van der Waals surface area contributed by atoms with Crippen molar-refractivity contribution in [3.05, 3.63) is 29.8 Å². The van der Waals surface area contributed by atoms with E-state index < -0.39 is 12.2 Å². The van der Waals surface area contributed by atoms with Gasteiger partial charge in [-0.05, 0) is 30.5 Å². The van der Waals surface area contributed by atoms with E-state index in [1.54, 1.807) is 24.3 Å². The zero-order chi connectivity index (χ0) is 12.2. The van der Waals surface area contributed by atoms with Crippen LogP contribution in [0.5, 0.6) is 5.75 Å². The van der Waals surface area contributed by atoms with E-state index in [1.807, 2.05) is 0 Å². The van der Waals surface area contributed by atoms with E-state index in [-0.39, 0.29) is 25.2 Å². The third kappa shape index (κ3) is 5.28. The van der Waals surface area contributed by atoms with Crippen LogP contribution in [0.3, 0.4) is 0 Å². The van der Waals surface area contributed by atoms with E-state index in [4.69, 9.17) is 10.5 Å². The molecule has 17 heavy (non-hydrogen) atoms. The summed E-state index contributed by atoms with van der Waals surface area (Å²) in [6, 6.07) is 5.19. The molecular formula is C11H15ClF3NO. The number of ether oxygens (including phenoxy) is 1. The van der Waals surface area contributed by atoms with Crippen molar-refractivity contribution in [2.24, 2.45) is 5.73 Å². The molecule has 98 valence electrons. The number of benzene rings is 1. The maximum Gasteiger partial charge on any atom is 0.403 e. The molecule has 1 unspecified atom stereocenters. The first-order valence-electron chi connectivity index (χ1n) is 4.88. The Balaban J connectivity index is 0.00000256. The lowest BCUT2D eigenvalue weighted by Gasteiger charge is -2.15. The van der Waals surface area contributed by atoms with Crippen molar-refractivity contribution in [2.45, 2.75) is 25.1 Å². The summed E-state index contributed by atoms with van der Waals surface area (Å²) in [4.78, 5) is 0. The minimum absolute atomic E-state index is 0. The largest absolute Gasteiger partial charge is 0.497 e. The van der Waals surface area contributed by atoms with E-state index in [0.29, 0.717) is 5.75 Å². The van der Waals surface area contributed by atoms with Crippen LogP contribution in [0.4, 0.5) is 13.2 Å². The average Bonchev–Trinajstić information content (AvgIpc) is 2.25. The fraction of sp³-hybridized carbons (Fsp3) is 0.455. The van der Waals surface area contributed by atoms with E-state index >= 15 is 0 Å². The zero-order valence-corrected chi connectivity index (χ0v) is 10.1. The summed E-state index contributed by atoms with van der Waals surface area (Å²) in [5.74, 6) is 0.637. The summed E-state index contributed by atoms with van der Waals surface area (Å²) >= 11 is 0. The molecule has 0 amide bonds. The van der Waals surface area contributed by atoms with Crippen LogP contribution in [-0.2, 0) is 6.42 Å². The van der Waals surface area contributed by atoms with Crippen LogP contribution in [0.1, 0.15) is 12.0 Å². The van der Waals surface area contributed by atoms with E-state index in [9.17, 15) is 13.2 Å². The maximum atomic E-state index is 12.1. The van der Waals surface area contributed by atoms with Gasteiger partial charge in [0.05, 0.1) is 7.11 Å². The molecule has 1 atom stereocenters. The minimum atomic E-state index is -4.32. The van der Waals surface area contributed by atoms with Gasteiger partial charge in [-0.1, -0.05) is 12.1 Å². The Hall–Kier alpha value is -0.940. The summed E-state index contributed by atoms with van der Waals surface area (Å²) in [5, 5.41) is 0. The molecule has 6 heteroatoms. The van der Waals surface area contributed by atoms with Gasteiger partial charge in [-0.15, -0.1) is 12.4 Å². The van der Waals surface area contributed by atoms with Crippen LogP contribution in [0, 0.1) is 0 Å². The molecule has 1 aromatic rings. The molecule has 0 aliphatic carbocycles. The molecule has 0 radical (unpaired) electrons. The fourth-order valence-electron chi connectivity index (χ4n) is 1.31. The number of halogens is 4. The highest BCUT2D eigenvalue weighted by atomic mass is 35.5. The van der Waals surface area contributed by atoms with Gasteiger partial charge in [0.15, 0.2) is 0 Å². The molecule has 0 aromatic heterocycles. The summed E-state index contributed by atoms with van der Waals surface area (Å²) in [7, 11) is 1.51. The molecule has 1 aromatic carbocycles. The van der Waals surface area contributed by atoms with Crippen molar-refractivity contribution in [2.75, 3.05) is 7.11 Å². The topological polar surface area (TPSA) is 35.2 Å². The SMILES string of the molecule is COc1cccc(CCC(N)C(F)(F)F)c1.Cl. The molecule has 0 aliphatic heterocycles. The van der Waals surface area contributed by atoms with E-state index in [1.165, 1.54) is 7.11 Å². The Bertz CT molecular complexity index is 344. The number of hydrogen-bond donors (Lipinski definition) is 1. The highest BCUT2D eigenvalue weighted by Gasteiger charge is 2.35. The quantitative estimate of drug-likeness (QED) is 0.912. The van der Waals surface area contributed by atoms with Gasteiger partial charge in [-0.25, -0.2) is 0 Å². The second-order valence-electron chi connectivity index (χ2n) is 3.54. The van der Waals surface area contributed by atoms with Crippen molar-refractivity contribution in [1.82, 2.24) is 0 Å². The van der Waals surface area contributed by atoms with Gasteiger partial charge in [-0.2, -0.15) is 13.2 Å². The van der Waals surface area contributed by atoms with Crippen LogP contribution < -0.4 is 10.5 Å². The van der Waals surface area contributed by atoms with E-state index in [2.05, 4.69) is 0 Å². The smallest absolute Gasteiger partial charge is 0.403 e. The number of nitrogens with two attached hydrogens (primary N) is 1. The van der Waals surface area contributed by atoms with Crippen molar-refractivity contribution < 1.29 is 17.9 Å². The first-order valence-corrected chi connectivity index (χ1v) is 4.88. The first kappa shape index (κ1) is 16.1. The highest BCUT2D eigenvalue weighted by Crippen LogP contribution is 2.22. The summed E-state index contributed by atoms with van der Waals surface area (Å²) in [6.07, 6.45) is -4.15. The first-order chi connectivity index (χ1) is 7.43. The predicted molar refractivity (Wildman–Crippen MR) is 62.6 cm³/mol. The number of aryl methyl sites for hydroxylation is 1. The highest BCUT2D eigenvalue weighted by molar-refractivity contribution is 5.85. The van der Waals surface area contributed by atoms with Crippen LogP contribution in [0.25, 0.3) is 0 Å². The summed E-state index contributed by atoms with van der Waals surface area (Å²) < 4.78 is 41.4. The number of hydrogen-bond acceptors (Lipinski definition) is 2. The second-order valence-corrected chi connectivity index (χ2v) is 3.54. The molecule has 0 bridgehead atoms. The number of alkyl halides is 3.